The molecule has 1 rings (SSSR count). The maximum atomic E-state index is 10.7. The van der Waals surface area contributed by atoms with E-state index in [4.69, 9.17) is 5.11 Å². The van der Waals surface area contributed by atoms with Gasteiger partial charge in [-0.3, -0.25) is 4.79 Å². The van der Waals surface area contributed by atoms with E-state index in [0.29, 0.717) is 24.3 Å². The Kier molecular flexibility index (Phi) is 6.65. The minimum Gasteiger partial charge on any atom is -0.481 e. The molecule has 0 amide bonds. The Morgan fingerprint density at radius 2 is 2.17 bits per heavy atom. The molecular formula is C14H28N2O2. The normalized spacial score (nSPS) is 25.6. The lowest BCUT2D eigenvalue weighted by Gasteiger charge is -2.39. The predicted octanol–water partition coefficient (Wildman–Crippen LogP) is 1.81. The second-order valence-electron chi connectivity index (χ2n) is 5.90. The van der Waals surface area contributed by atoms with Gasteiger partial charge >= 0.3 is 5.97 Å². The molecule has 2 N–H and O–H groups in total. The monoisotopic (exact) mass is 256 g/mol. The average molecular weight is 256 g/mol. The van der Waals surface area contributed by atoms with Gasteiger partial charge in [0.1, 0.15) is 0 Å². The van der Waals surface area contributed by atoms with Crippen molar-refractivity contribution in [2.75, 3.05) is 26.2 Å². The van der Waals surface area contributed by atoms with Crippen LogP contribution in [0, 0.1) is 11.8 Å². The lowest BCUT2D eigenvalue weighted by Crippen LogP contribution is -2.50. The fourth-order valence-corrected chi connectivity index (χ4v) is 2.94. The van der Waals surface area contributed by atoms with Crippen molar-refractivity contribution >= 4 is 5.97 Å². The minimum atomic E-state index is -0.670. The highest BCUT2D eigenvalue weighted by Gasteiger charge is 2.27. The molecule has 4 heteroatoms. The predicted molar refractivity (Wildman–Crippen MR) is 73.7 cm³/mol. The van der Waals surface area contributed by atoms with Gasteiger partial charge in [0.25, 0.3) is 0 Å². The summed E-state index contributed by atoms with van der Waals surface area (Å²) in [6, 6.07) is 0.529. The van der Waals surface area contributed by atoms with Crippen LogP contribution in [0.25, 0.3) is 0 Å². The van der Waals surface area contributed by atoms with Crippen LogP contribution in [0.5, 0.6) is 0 Å². The van der Waals surface area contributed by atoms with Gasteiger partial charge in [0.2, 0.25) is 0 Å². The third-order valence-corrected chi connectivity index (χ3v) is 3.50. The molecule has 0 bridgehead atoms. The molecule has 2 atom stereocenters. The molecule has 18 heavy (non-hydrogen) atoms. The van der Waals surface area contributed by atoms with E-state index in [2.05, 4.69) is 31.0 Å². The number of nitrogens with one attached hydrogen (secondary N) is 1. The molecule has 0 aromatic carbocycles. The number of carboxylic acids is 1. The van der Waals surface area contributed by atoms with Gasteiger partial charge in [-0.2, -0.15) is 0 Å². The Balaban J connectivity index is 2.47. The Morgan fingerprint density at radius 1 is 1.44 bits per heavy atom. The second kappa shape index (κ2) is 7.74. The van der Waals surface area contributed by atoms with Crippen molar-refractivity contribution in [3.63, 3.8) is 0 Å². The Morgan fingerprint density at radius 3 is 2.72 bits per heavy atom. The highest BCUT2D eigenvalue weighted by Crippen LogP contribution is 2.22. The maximum absolute atomic E-state index is 10.7. The molecular weight excluding hydrogens is 228 g/mol. The zero-order valence-corrected chi connectivity index (χ0v) is 12.0. The molecule has 0 aliphatic carbocycles. The van der Waals surface area contributed by atoms with E-state index in [-0.39, 0.29) is 0 Å². The first-order valence-electron chi connectivity index (χ1n) is 7.18. The fourth-order valence-electron chi connectivity index (χ4n) is 2.94. The summed E-state index contributed by atoms with van der Waals surface area (Å²) in [6.07, 6.45) is 2.24. The van der Waals surface area contributed by atoms with Crippen molar-refractivity contribution in [1.82, 2.24) is 10.2 Å². The van der Waals surface area contributed by atoms with E-state index in [1.54, 1.807) is 0 Å². The number of rotatable bonds is 7. The summed E-state index contributed by atoms with van der Waals surface area (Å²) in [6.45, 7) is 10.9. The highest BCUT2D eigenvalue weighted by atomic mass is 16.4. The molecule has 0 saturated carbocycles. The quantitative estimate of drug-likeness (QED) is 0.729. The summed E-state index contributed by atoms with van der Waals surface area (Å²) in [7, 11) is 0. The molecule has 1 aliphatic rings. The number of carboxylic acid groups (broad SMARTS) is 1. The van der Waals surface area contributed by atoms with Gasteiger partial charge in [-0.15, -0.1) is 0 Å². The first-order chi connectivity index (χ1) is 8.51. The van der Waals surface area contributed by atoms with E-state index in [1.165, 1.54) is 0 Å². The van der Waals surface area contributed by atoms with Crippen LogP contribution in [0.1, 0.15) is 40.0 Å². The maximum Gasteiger partial charge on any atom is 0.303 e. The Labute approximate surface area is 111 Å². The zero-order valence-electron chi connectivity index (χ0n) is 12.0. The molecule has 1 aliphatic heterocycles. The number of likely N-dealkylation sites (N-methyl/N-ethyl adjacent to an activating group) is 1. The van der Waals surface area contributed by atoms with Crippen LogP contribution in [0.4, 0.5) is 0 Å². The van der Waals surface area contributed by atoms with Crippen molar-refractivity contribution in [3.8, 4) is 0 Å². The number of nitrogens with zero attached hydrogens (tertiary/aromatic N) is 1. The molecule has 0 aromatic heterocycles. The van der Waals surface area contributed by atoms with Crippen molar-refractivity contribution in [2.45, 2.75) is 46.1 Å². The molecule has 1 fully saturated rings. The number of aliphatic carboxylic acids is 1. The van der Waals surface area contributed by atoms with Gasteiger partial charge in [0.15, 0.2) is 0 Å². The van der Waals surface area contributed by atoms with Gasteiger partial charge in [-0.1, -0.05) is 20.8 Å². The van der Waals surface area contributed by atoms with Gasteiger partial charge in [0.05, 0.1) is 0 Å². The van der Waals surface area contributed by atoms with Crippen molar-refractivity contribution in [2.24, 2.45) is 11.8 Å². The summed E-state index contributed by atoms with van der Waals surface area (Å²) >= 11 is 0. The standard InChI is InChI=1S/C14H28N2O2/c1-4-15-13-7-12(5-6-14(17)18)9-16(10-13)8-11(2)3/h11-13,15H,4-10H2,1-3H3,(H,17,18). The van der Waals surface area contributed by atoms with Crippen molar-refractivity contribution in [1.29, 1.82) is 0 Å². The fraction of sp³-hybridized carbons (Fsp3) is 0.929. The molecule has 106 valence electrons. The smallest absolute Gasteiger partial charge is 0.303 e. The first-order valence-corrected chi connectivity index (χ1v) is 7.18. The highest BCUT2D eigenvalue weighted by molar-refractivity contribution is 5.66. The molecule has 2 unspecified atom stereocenters. The first kappa shape index (κ1) is 15.4. The van der Waals surface area contributed by atoms with E-state index >= 15 is 0 Å². The molecule has 0 spiro atoms. The minimum absolute atomic E-state index is 0.305. The number of likely N-dealkylation sites (tertiary alicyclic amines) is 1. The molecule has 0 aromatic rings. The third-order valence-electron chi connectivity index (χ3n) is 3.50. The second-order valence-corrected chi connectivity index (χ2v) is 5.90. The van der Waals surface area contributed by atoms with Crippen molar-refractivity contribution in [3.05, 3.63) is 0 Å². The lowest BCUT2D eigenvalue weighted by molar-refractivity contribution is -0.137. The summed E-state index contributed by atoms with van der Waals surface area (Å²) in [4.78, 5) is 13.2. The number of hydrogen-bond acceptors (Lipinski definition) is 3. The summed E-state index contributed by atoms with van der Waals surface area (Å²) in [5.41, 5.74) is 0. The largest absolute Gasteiger partial charge is 0.481 e. The zero-order chi connectivity index (χ0) is 13.5. The van der Waals surface area contributed by atoms with E-state index in [1.807, 2.05) is 0 Å². The van der Waals surface area contributed by atoms with Gasteiger partial charge in [0, 0.05) is 32.1 Å². The average Bonchev–Trinajstić information content (AvgIpc) is 2.25. The summed E-state index contributed by atoms with van der Waals surface area (Å²) < 4.78 is 0. The Hall–Kier alpha value is -0.610. The lowest BCUT2D eigenvalue weighted by atomic mass is 9.90. The van der Waals surface area contributed by atoms with Crippen LogP contribution < -0.4 is 5.32 Å². The topological polar surface area (TPSA) is 52.6 Å². The van der Waals surface area contributed by atoms with Gasteiger partial charge in [-0.05, 0) is 31.2 Å². The number of carbonyl (C=O) groups is 1. The number of hydrogen-bond donors (Lipinski definition) is 2. The number of piperidine rings is 1. The van der Waals surface area contributed by atoms with Crippen LogP contribution in [0.3, 0.4) is 0 Å². The van der Waals surface area contributed by atoms with Crippen molar-refractivity contribution < 1.29 is 9.90 Å². The van der Waals surface area contributed by atoms with Gasteiger partial charge in [-0.25, -0.2) is 0 Å². The van der Waals surface area contributed by atoms with E-state index < -0.39 is 5.97 Å². The van der Waals surface area contributed by atoms with Crippen LogP contribution in [0.15, 0.2) is 0 Å². The van der Waals surface area contributed by atoms with Crippen LogP contribution in [-0.2, 0) is 4.79 Å². The van der Waals surface area contributed by atoms with E-state index in [9.17, 15) is 4.79 Å². The SMILES string of the molecule is CCNC1CC(CCC(=O)O)CN(CC(C)C)C1. The van der Waals surface area contributed by atoms with E-state index in [0.717, 1.165) is 39.0 Å². The van der Waals surface area contributed by atoms with Gasteiger partial charge < -0.3 is 15.3 Å². The van der Waals surface area contributed by atoms with Crippen LogP contribution in [0.2, 0.25) is 0 Å². The Bertz CT molecular complexity index is 256. The molecule has 1 saturated heterocycles. The van der Waals surface area contributed by atoms with Crippen LogP contribution in [-0.4, -0.2) is 48.2 Å². The third kappa shape index (κ3) is 5.83. The van der Waals surface area contributed by atoms with Crippen LogP contribution >= 0.6 is 0 Å². The molecule has 1 heterocycles. The summed E-state index contributed by atoms with van der Waals surface area (Å²) in [5.74, 6) is 0.527. The molecule has 4 nitrogen and oxygen atoms in total. The summed E-state index contributed by atoms with van der Waals surface area (Å²) in [5, 5.41) is 12.3. The molecule has 0 radical (unpaired) electrons.